The van der Waals surface area contributed by atoms with Gasteiger partial charge in [-0.3, -0.25) is 0 Å². The number of methoxy groups -OCH3 is 1. The smallest absolute Gasteiger partial charge is 0.416 e. The van der Waals surface area contributed by atoms with Gasteiger partial charge in [-0.05, 0) is 48.5 Å². The summed E-state index contributed by atoms with van der Waals surface area (Å²) < 4.78 is 42.8. The van der Waals surface area contributed by atoms with Crippen LogP contribution < -0.4 is 10.1 Å². The largest absolute Gasteiger partial charge is 0.497 e. The molecule has 7 heteroatoms. The fourth-order valence-corrected chi connectivity index (χ4v) is 2.85. The maximum atomic E-state index is 12.6. The van der Waals surface area contributed by atoms with E-state index in [1.807, 2.05) is 29.6 Å². The molecule has 0 bridgehead atoms. The lowest BCUT2D eigenvalue weighted by atomic mass is 10.2. The maximum absolute atomic E-state index is 12.6. The summed E-state index contributed by atoms with van der Waals surface area (Å²) in [5.41, 5.74) is 0.820. The number of anilines is 2. The van der Waals surface area contributed by atoms with Crippen LogP contribution in [-0.4, -0.2) is 12.1 Å². The van der Waals surface area contributed by atoms with Crippen LogP contribution >= 0.6 is 11.3 Å². The zero-order valence-corrected chi connectivity index (χ0v) is 13.4. The van der Waals surface area contributed by atoms with Crippen LogP contribution in [0.1, 0.15) is 5.56 Å². The molecule has 0 saturated carbocycles. The number of thiazole rings is 1. The summed E-state index contributed by atoms with van der Waals surface area (Å²) in [6.45, 7) is 0. The lowest BCUT2D eigenvalue weighted by Gasteiger charge is -2.08. The van der Waals surface area contributed by atoms with E-state index in [0.29, 0.717) is 11.5 Å². The van der Waals surface area contributed by atoms with Crippen molar-refractivity contribution in [3.63, 3.8) is 0 Å². The van der Waals surface area contributed by atoms with Gasteiger partial charge in [0.15, 0.2) is 0 Å². The fourth-order valence-electron chi connectivity index (χ4n) is 2.09. The van der Waals surface area contributed by atoms with Gasteiger partial charge in [-0.1, -0.05) is 0 Å². The van der Waals surface area contributed by atoms with E-state index in [4.69, 9.17) is 4.74 Å². The Morgan fingerprint density at radius 1 is 1.00 bits per heavy atom. The van der Waals surface area contributed by atoms with E-state index in [9.17, 15) is 13.2 Å². The van der Waals surface area contributed by atoms with E-state index in [0.717, 1.165) is 28.5 Å². The summed E-state index contributed by atoms with van der Waals surface area (Å²) in [6.07, 6.45) is -4.33. The lowest BCUT2D eigenvalue weighted by Crippen LogP contribution is -2.04. The molecule has 0 radical (unpaired) electrons. The molecule has 1 heterocycles. The summed E-state index contributed by atoms with van der Waals surface area (Å²) >= 11 is 1.45. The van der Waals surface area contributed by atoms with Gasteiger partial charge in [-0.15, -0.1) is 11.3 Å². The molecule has 0 aliphatic heterocycles. The van der Waals surface area contributed by atoms with Crippen LogP contribution in [0.4, 0.5) is 24.7 Å². The molecule has 3 rings (SSSR count). The van der Waals surface area contributed by atoms with E-state index in [1.54, 1.807) is 7.11 Å². The molecule has 0 aliphatic carbocycles. The SMILES string of the molecule is COc1ccc(-c2nc(Nc3ccc(C(F)(F)F)cc3)cs2)cc1. The molecule has 1 N–H and O–H groups in total. The number of ether oxygens (including phenoxy) is 1. The first-order valence-corrected chi connectivity index (χ1v) is 7.88. The highest BCUT2D eigenvalue weighted by Gasteiger charge is 2.29. The van der Waals surface area contributed by atoms with Crippen molar-refractivity contribution in [3.8, 4) is 16.3 Å². The highest BCUT2D eigenvalue weighted by Crippen LogP contribution is 2.31. The number of aromatic nitrogens is 1. The van der Waals surface area contributed by atoms with Crippen LogP contribution in [0.25, 0.3) is 10.6 Å². The minimum absolute atomic E-state index is 0.551. The molecular weight excluding hydrogens is 337 g/mol. The fraction of sp³-hybridized carbons (Fsp3) is 0.118. The third-order valence-corrected chi connectivity index (χ3v) is 4.22. The molecule has 2 aromatic carbocycles. The first-order valence-electron chi connectivity index (χ1n) is 7.00. The number of nitrogens with zero attached hydrogens (tertiary/aromatic N) is 1. The van der Waals surface area contributed by atoms with Gasteiger partial charge in [0, 0.05) is 16.6 Å². The zero-order chi connectivity index (χ0) is 17.2. The molecule has 0 spiro atoms. The van der Waals surface area contributed by atoms with Crippen molar-refractivity contribution in [3.05, 3.63) is 59.5 Å². The number of alkyl halides is 3. The quantitative estimate of drug-likeness (QED) is 0.667. The minimum Gasteiger partial charge on any atom is -0.497 e. The second-order valence-electron chi connectivity index (χ2n) is 4.97. The van der Waals surface area contributed by atoms with Crippen LogP contribution in [0.5, 0.6) is 5.75 Å². The Balaban J connectivity index is 1.73. The number of hydrogen-bond donors (Lipinski definition) is 1. The van der Waals surface area contributed by atoms with E-state index in [-0.39, 0.29) is 0 Å². The number of hydrogen-bond acceptors (Lipinski definition) is 4. The predicted molar refractivity (Wildman–Crippen MR) is 88.8 cm³/mol. The third-order valence-electron chi connectivity index (χ3n) is 3.33. The van der Waals surface area contributed by atoms with Gasteiger partial charge >= 0.3 is 6.18 Å². The Bertz CT molecular complexity index is 811. The zero-order valence-electron chi connectivity index (χ0n) is 12.6. The normalized spacial score (nSPS) is 11.3. The van der Waals surface area contributed by atoms with Crippen LogP contribution in [0, 0.1) is 0 Å². The molecule has 0 amide bonds. The Hall–Kier alpha value is -2.54. The number of nitrogens with one attached hydrogen (secondary N) is 1. The average Bonchev–Trinajstić information content (AvgIpc) is 3.03. The van der Waals surface area contributed by atoms with Crippen LogP contribution in [0.15, 0.2) is 53.9 Å². The van der Waals surface area contributed by atoms with Crippen molar-refractivity contribution in [2.24, 2.45) is 0 Å². The van der Waals surface area contributed by atoms with Crippen molar-refractivity contribution in [1.29, 1.82) is 0 Å². The van der Waals surface area contributed by atoms with Crippen molar-refractivity contribution in [2.45, 2.75) is 6.18 Å². The van der Waals surface area contributed by atoms with Gasteiger partial charge in [0.05, 0.1) is 12.7 Å². The topological polar surface area (TPSA) is 34.1 Å². The second-order valence-corrected chi connectivity index (χ2v) is 5.82. The monoisotopic (exact) mass is 350 g/mol. The second kappa shape index (κ2) is 6.52. The summed E-state index contributed by atoms with van der Waals surface area (Å²) in [7, 11) is 1.60. The molecule has 3 nitrogen and oxygen atoms in total. The van der Waals surface area contributed by atoms with Crippen molar-refractivity contribution < 1.29 is 17.9 Å². The maximum Gasteiger partial charge on any atom is 0.416 e. The Morgan fingerprint density at radius 3 is 2.25 bits per heavy atom. The highest BCUT2D eigenvalue weighted by molar-refractivity contribution is 7.13. The molecule has 24 heavy (non-hydrogen) atoms. The minimum atomic E-state index is -4.33. The first kappa shape index (κ1) is 16.3. The van der Waals surface area contributed by atoms with Crippen molar-refractivity contribution in [2.75, 3.05) is 12.4 Å². The Morgan fingerprint density at radius 2 is 1.67 bits per heavy atom. The standard InChI is InChI=1S/C17H13F3N2OS/c1-23-14-8-2-11(3-9-14)16-22-15(10-24-16)21-13-6-4-12(5-7-13)17(18,19)20/h2-10,21H,1H3. The molecule has 0 aliphatic rings. The molecule has 0 atom stereocenters. The van der Waals surface area contributed by atoms with E-state index in [2.05, 4.69) is 10.3 Å². The van der Waals surface area contributed by atoms with Gasteiger partial charge < -0.3 is 10.1 Å². The highest BCUT2D eigenvalue weighted by atomic mass is 32.1. The van der Waals surface area contributed by atoms with E-state index >= 15 is 0 Å². The summed E-state index contributed by atoms with van der Waals surface area (Å²) in [4.78, 5) is 4.45. The Kier molecular flexibility index (Phi) is 4.44. The number of rotatable bonds is 4. The molecule has 124 valence electrons. The summed E-state index contributed by atoms with van der Waals surface area (Å²) in [6, 6.07) is 12.3. The number of halogens is 3. The molecule has 1 aromatic heterocycles. The molecule has 0 saturated heterocycles. The van der Waals surface area contributed by atoms with Crippen molar-refractivity contribution >= 4 is 22.8 Å². The van der Waals surface area contributed by atoms with Gasteiger partial charge in [0.1, 0.15) is 16.6 Å². The lowest BCUT2D eigenvalue weighted by molar-refractivity contribution is -0.137. The van der Waals surface area contributed by atoms with Crippen LogP contribution in [0.2, 0.25) is 0 Å². The predicted octanol–water partition coefficient (Wildman–Crippen LogP) is 5.58. The summed E-state index contributed by atoms with van der Waals surface area (Å²) in [5, 5.41) is 5.63. The van der Waals surface area contributed by atoms with E-state index < -0.39 is 11.7 Å². The number of benzene rings is 2. The molecule has 0 fully saturated rings. The van der Waals surface area contributed by atoms with Crippen molar-refractivity contribution in [1.82, 2.24) is 4.98 Å². The van der Waals surface area contributed by atoms with Gasteiger partial charge in [-0.2, -0.15) is 13.2 Å². The Labute approximate surface area is 140 Å². The van der Waals surface area contributed by atoms with Gasteiger partial charge in [0.25, 0.3) is 0 Å². The third kappa shape index (κ3) is 3.68. The van der Waals surface area contributed by atoms with Gasteiger partial charge in [0.2, 0.25) is 0 Å². The summed E-state index contributed by atoms with van der Waals surface area (Å²) in [5.74, 6) is 1.35. The van der Waals surface area contributed by atoms with Gasteiger partial charge in [-0.25, -0.2) is 4.98 Å². The average molecular weight is 350 g/mol. The van der Waals surface area contributed by atoms with Crippen LogP contribution in [-0.2, 0) is 6.18 Å². The first-order chi connectivity index (χ1) is 11.5. The van der Waals surface area contributed by atoms with Crippen LogP contribution in [0.3, 0.4) is 0 Å². The van der Waals surface area contributed by atoms with E-state index in [1.165, 1.54) is 23.5 Å². The molecule has 0 unspecified atom stereocenters. The molecular formula is C17H13F3N2OS. The molecule has 3 aromatic rings.